The first kappa shape index (κ1) is 17.9. The molecule has 2 amide bonds. The van der Waals surface area contributed by atoms with Crippen LogP contribution in [0.4, 0.5) is 5.82 Å². The first-order chi connectivity index (χ1) is 11.5. The maximum Gasteiger partial charge on any atom is 0.246 e. The number of nitrogens with one attached hydrogen (secondary N) is 1. The Hall–Kier alpha value is -2.43. The lowest BCUT2D eigenvalue weighted by Gasteiger charge is -2.13. The third-order valence-electron chi connectivity index (χ3n) is 4.23. The third kappa shape index (κ3) is 4.78. The van der Waals surface area contributed by atoms with Gasteiger partial charge in [0.1, 0.15) is 5.82 Å². The fourth-order valence-electron chi connectivity index (χ4n) is 2.76. The number of rotatable bonds is 6. The van der Waals surface area contributed by atoms with Gasteiger partial charge in [-0.1, -0.05) is 19.9 Å². The first-order valence-electron chi connectivity index (χ1n) is 8.39. The van der Waals surface area contributed by atoms with Gasteiger partial charge >= 0.3 is 0 Å². The van der Waals surface area contributed by atoms with E-state index in [1.165, 1.54) is 0 Å². The Labute approximate surface area is 143 Å². The fourth-order valence-corrected chi connectivity index (χ4v) is 2.76. The second-order valence-corrected chi connectivity index (χ2v) is 6.23. The summed E-state index contributed by atoms with van der Waals surface area (Å²) in [6, 6.07) is 3.57. The van der Waals surface area contributed by atoms with Crippen LogP contribution in [0.2, 0.25) is 0 Å². The summed E-state index contributed by atoms with van der Waals surface area (Å²) in [5.74, 6) is 1.32. The Kier molecular flexibility index (Phi) is 6.29. The minimum atomic E-state index is -0.0385. The summed E-state index contributed by atoms with van der Waals surface area (Å²) in [7, 11) is 0. The molecule has 0 aromatic carbocycles. The molecule has 24 heavy (non-hydrogen) atoms. The van der Waals surface area contributed by atoms with Gasteiger partial charge < -0.3 is 10.2 Å². The number of carbonyl (C=O) groups excluding carboxylic acids is 2. The molecule has 1 saturated heterocycles. The highest BCUT2D eigenvalue weighted by Gasteiger charge is 2.29. The molecule has 2 unspecified atom stereocenters. The lowest BCUT2D eigenvalue weighted by Crippen LogP contribution is -2.26. The van der Waals surface area contributed by atoms with E-state index in [2.05, 4.69) is 23.8 Å². The van der Waals surface area contributed by atoms with Crippen LogP contribution >= 0.6 is 0 Å². The van der Waals surface area contributed by atoms with Crippen LogP contribution in [-0.4, -0.2) is 34.8 Å². The van der Waals surface area contributed by atoms with Crippen LogP contribution in [-0.2, 0) is 9.59 Å². The van der Waals surface area contributed by atoms with Gasteiger partial charge in [0.25, 0.3) is 0 Å². The molecule has 0 spiro atoms. The van der Waals surface area contributed by atoms with Gasteiger partial charge in [0.05, 0.1) is 0 Å². The van der Waals surface area contributed by atoms with E-state index in [-0.39, 0.29) is 11.8 Å². The summed E-state index contributed by atoms with van der Waals surface area (Å²) < 4.78 is 0. The van der Waals surface area contributed by atoms with Crippen LogP contribution in [0.1, 0.15) is 32.3 Å². The van der Waals surface area contributed by atoms with Crippen molar-refractivity contribution in [2.45, 2.75) is 26.7 Å². The standard InChI is InChI=1S/C19H25N3O2/c1-4-6-18(23)21-17-9-7-15(11-20-17)8-10-19(24)22-12-14(3)16(5-2)13-22/h5,7-11,14,16H,2,4,6,12-13H2,1,3H3,(H,20,21,23)/b10-8+. The Balaban J connectivity index is 1.91. The molecule has 128 valence electrons. The smallest absolute Gasteiger partial charge is 0.246 e. The van der Waals surface area contributed by atoms with Gasteiger partial charge in [-0.25, -0.2) is 4.98 Å². The van der Waals surface area contributed by atoms with Crippen LogP contribution < -0.4 is 5.32 Å². The van der Waals surface area contributed by atoms with Crippen molar-refractivity contribution < 1.29 is 9.59 Å². The van der Waals surface area contributed by atoms with E-state index in [4.69, 9.17) is 0 Å². The fraction of sp³-hybridized carbons (Fsp3) is 0.421. The first-order valence-corrected chi connectivity index (χ1v) is 8.39. The van der Waals surface area contributed by atoms with Crippen LogP contribution in [0.15, 0.2) is 37.1 Å². The lowest BCUT2D eigenvalue weighted by atomic mass is 9.99. The van der Waals surface area contributed by atoms with Gasteiger partial charge in [-0.2, -0.15) is 0 Å². The molecule has 1 aromatic heterocycles. The number of hydrogen-bond donors (Lipinski definition) is 1. The SMILES string of the molecule is C=CC1CN(C(=O)/C=C/c2ccc(NC(=O)CCC)nc2)CC1C. The van der Waals surface area contributed by atoms with Crippen molar-refractivity contribution in [2.75, 3.05) is 18.4 Å². The number of aromatic nitrogens is 1. The van der Waals surface area contributed by atoms with Gasteiger partial charge in [0.15, 0.2) is 0 Å². The zero-order chi connectivity index (χ0) is 17.5. The second-order valence-electron chi connectivity index (χ2n) is 6.23. The van der Waals surface area contributed by atoms with Crippen LogP contribution in [0.3, 0.4) is 0 Å². The molecular formula is C19H25N3O2. The van der Waals surface area contributed by atoms with E-state index < -0.39 is 0 Å². The van der Waals surface area contributed by atoms with Crippen molar-refractivity contribution >= 4 is 23.7 Å². The zero-order valence-corrected chi connectivity index (χ0v) is 14.4. The second kappa shape index (κ2) is 8.43. The molecule has 0 aliphatic carbocycles. The minimum Gasteiger partial charge on any atom is -0.338 e. The van der Waals surface area contributed by atoms with Crippen LogP contribution in [0, 0.1) is 11.8 Å². The number of nitrogens with zero attached hydrogens (tertiary/aromatic N) is 2. The molecule has 1 aliphatic heterocycles. The predicted octanol–water partition coefficient (Wildman–Crippen LogP) is 3.11. The third-order valence-corrected chi connectivity index (χ3v) is 4.23. The molecule has 2 rings (SSSR count). The number of carbonyl (C=O) groups is 2. The molecule has 1 N–H and O–H groups in total. The molecule has 1 aliphatic rings. The summed E-state index contributed by atoms with van der Waals surface area (Å²) in [4.78, 5) is 29.8. The molecule has 1 aromatic rings. The molecule has 0 bridgehead atoms. The Morgan fingerprint density at radius 1 is 1.42 bits per heavy atom. The van der Waals surface area contributed by atoms with Gasteiger partial charge in [0, 0.05) is 31.8 Å². The van der Waals surface area contributed by atoms with Crippen molar-refractivity contribution in [1.29, 1.82) is 0 Å². The molecular weight excluding hydrogens is 302 g/mol. The minimum absolute atomic E-state index is 0.00604. The van der Waals surface area contributed by atoms with Crippen molar-refractivity contribution in [3.63, 3.8) is 0 Å². The number of likely N-dealkylation sites (tertiary alicyclic amines) is 1. The van der Waals surface area contributed by atoms with E-state index in [1.807, 2.05) is 24.0 Å². The summed E-state index contributed by atoms with van der Waals surface area (Å²) in [6.07, 6.45) is 8.18. The van der Waals surface area contributed by atoms with E-state index >= 15 is 0 Å². The molecule has 2 atom stereocenters. The largest absolute Gasteiger partial charge is 0.338 e. The Morgan fingerprint density at radius 3 is 2.79 bits per heavy atom. The van der Waals surface area contributed by atoms with Crippen LogP contribution in [0.5, 0.6) is 0 Å². The maximum atomic E-state index is 12.2. The maximum absolute atomic E-state index is 12.2. The molecule has 0 radical (unpaired) electrons. The number of hydrogen-bond acceptors (Lipinski definition) is 3. The van der Waals surface area contributed by atoms with Crippen molar-refractivity contribution in [1.82, 2.24) is 9.88 Å². The average molecular weight is 327 g/mol. The monoisotopic (exact) mass is 327 g/mol. The highest BCUT2D eigenvalue weighted by atomic mass is 16.2. The number of pyridine rings is 1. The molecule has 5 heteroatoms. The van der Waals surface area contributed by atoms with Gasteiger partial charge in [-0.15, -0.1) is 6.58 Å². The van der Waals surface area contributed by atoms with Gasteiger partial charge in [0.2, 0.25) is 11.8 Å². The van der Waals surface area contributed by atoms with Crippen molar-refractivity contribution in [2.24, 2.45) is 11.8 Å². The van der Waals surface area contributed by atoms with Gasteiger partial charge in [-0.05, 0) is 42.0 Å². The van der Waals surface area contributed by atoms with E-state index in [0.29, 0.717) is 24.1 Å². The quantitative estimate of drug-likeness (QED) is 0.645. The normalized spacial score (nSPS) is 20.3. The van der Waals surface area contributed by atoms with E-state index in [1.54, 1.807) is 24.4 Å². The van der Waals surface area contributed by atoms with Crippen molar-refractivity contribution in [3.05, 3.63) is 42.6 Å². The van der Waals surface area contributed by atoms with E-state index in [9.17, 15) is 9.59 Å². The topological polar surface area (TPSA) is 62.3 Å². The summed E-state index contributed by atoms with van der Waals surface area (Å²) >= 11 is 0. The molecule has 1 fully saturated rings. The lowest BCUT2D eigenvalue weighted by molar-refractivity contribution is -0.125. The Bertz CT molecular complexity index is 622. The number of anilines is 1. The van der Waals surface area contributed by atoms with Crippen LogP contribution in [0.25, 0.3) is 6.08 Å². The Morgan fingerprint density at radius 2 is 2.21 bits per heavy atom. The summed E-state index contributed by atoms with van der Waals surface area (Å²) in [5.41, 5.74) is 0.823. The molecule has 5 nitrogen and oxygen atoms in total. The van der Waals surface area contributed by atoms with Crippen molar-refractivity contribution in [3.8, 4) is 0 Å². The highest BCUT2D eigenvalue weighted by Crippen LogP contribution is 2.23. The highest BCUT2D eigenvalue weighted by molar-refractivity contribution is 5.92. The molecule has 0 saturated carbocycles. The zero-order valence-electron chi connectivity index (χ0n) is 14.4. The average Bonchev–Trinajstić information content (AvgIpc) is 2.95. The van der Waals surface area contributed by atoms with E-state index in [0.717, 1.165) is 25.1 Å². The predicted molar refractivity (Wildman–Crippen MR) is 96.2 cm³/mol. The number of amides is 2. The summed E-state index contributed by atoms with van der Waals surface area (Å²) in [5, 5.41) is 2.74. The van der Waals surface area contributed by atoms with Gasteiger partial charge in [-0.3, -0.25) is 9.59 Å². The summed E-state index contributed by atoms with van der Waals surface area (Å²) in [6.45, 7) is 9.41. The molecule has 2 heterocycles.